The molecule has 1 heterocycles. The minimum absolute atomic E-state index is 0.203. The van der Waals surface area contributed by atoms with Crippen LogP contribution in [0.5, 0.6) is 0 Å². The summed E-state index contributed by atoms with van der Waals surface area (Å²) in [6.07, 6.45) is 0.468. The first-order chi connectivity index (χ1) is 10.1. The average molecular weight is 287 g/mol. The lowest BCUT2D eigenvalue weighted by molar-refractivity contribution is -0.385. The number of ether oxygens (including phenoxy) is 1. The van der Waals surface area contributed by atoms with Gasteiger partial charge in [0.1, 0.15) is 6.20 Å². The van der Waals surface area contributed by atoms with Crippen LogP contribution in [-0.2, 0) is 4.74 Å². The first-order valence-corrected chi connectivity index (χ1v) is 6.25. The third kappa shape index (κ3) is 3.53. The van der Waals surface area contributed by atoms with Crippen molar-refractivity contribution in [1.82, 2.24) is 4.98 Å². The van der Waals surface area contributed by atoms with Gasteiger partial charge in [-0.1, -0.05) is 30.3 Å². The molecule has 0 aliphatic rings. The lowest BCUT2D eigenvalue weighted by Gasteiger charge is -2.10. The van der Waals surface area contributed by atoms with E-state index < -0.39 is 11.0 Å². The van der Waals surface area contributed by atoms with Crippen molar-refractivity contribution in [2.24, 2.45) is 0 Å². The fourth-order valence-electron chi connectivity index (χ4n) is 1.75. The molecule has 2 aromatic rings. The molecule has 2 rings (SSSR count). The highest BCUT2D eigenvalue weighted by molar-refractivity contribution is 5.90. The fraction of sp³-hybridized carbons (Fsp3) is 0.143. The lowest BCUT2D eigenvalue weighted by Crippen LogP contribution is -2.14. The van der Waals surface area contributed by atoms with E-state index in [0.29, 0.717) is 5.69 Å². The molecule has 1 amide bonds. The number of rotatable bonds is 4. The van der Waals surface area contributed by atoms with E-state index in [-0.39, 0.29) is 18.0 Å². The molecule has 1 aromatic heterocycles. The van der Waals surface area contributed by atoms with Crippen molar-refractivity contribution in [3.63, 3.8) is 0 Å². The van der Waals surface area contributed by atoms with Crippen molar-refractivity contribution >= 4 is 17.5 Å². The minimum Gasteiger partial charge on any atom is -0.450 e. The largest absolute Gasteiger partial charge is 0.450 e. The van der Waals surface area contributed by atoms with Crippen molar-refractivity contribution in [2.75, 3.05) is 11.9 Å². The molecule has 0 radical (unpaired) electrons. The number of hydrogen-bond acceptors (Lipinski definition) is 5. The summed E-state index contributed by atoms with van der Waals surface area (Å²) in [5, 5.41) is 13.3. The van der Waals surface area contributed by atoms with Gasteiger partial charge in [-0.3, -0.25) is 15.4 Å². The van der Waals surface area contributed by atoms with Gasteiger partial charge in [0, 0.05) is 11.6 Å². The third-order valence-electron chi connectivity index (χ3n) is 2.64. The van der Waals surface area contributed by atoms with Gasteiger partial charge < -0.3 is 4.74 Å². The Hall–Kier alpha value is -2.96. The third-order valence-corrected chi connectivity index (χ3v) is 2.64. The molecule has 21 heavy (non-hydrogen) atoms. The average Bonchev–Trinajstić information content (AvgIpc) is 2.48. The molecule has 7 heteroatoms. The molecular formula is C14H13N3O4. The Labute approximate surface area is 120 Å². The van der Waals surface area contributed by atoms with Gasteiger partial charge in [0.2, 0.25) is 0 Å². The normalized spacial score (nSPS) is 9.95. The summed E-state index contributed by atoms with van der Waals surface area (Å²) in [6, 6.07) is 10.3. The number of amides is 1. The van der Waals surface area contributed by atoms with Crippen LogP contribution in [0.1, 0.15) is 6.92 Å². The Morgan fingerprint density at radius 3 is 2.71 bits per heavy atom. The molecule has 0 aliphatic heterocycles. The van der Waals surface area contributed by atoms with Crippen molar-refractivity contribution < 1.29 is 14.5 Å². The van der Waals surface area contributed by atoms with Crippen LogP contribution >= 0.6 is 0 Å². The Morgan fingerprint density at radius 2 is 2.10 bits per heavy atom. The summed E-state index contributed by atoms with van der Waals surface area (Å²) < 4.78 is 4.79. The SMILES string of the molecule is CCOC(=O)Nc1cc([N+](=O)[O-])cnc1-c1ccccc1. The van der Waals surface area contributed by atoms with Crippen LogP contribution in [0.15, 0.2) is 42.6 Å². The maximum atomic E-state index is 11.5. The maximum absolute atomic E-state index is 11.5. The number of carbonyl (C=O) groups excluding carboxylic acids is 1. The zero-order chi connectivity index (χ0) is 15.2. The molecule has 0 unspecified atom stereocenters. The number of hydrogen-bond donors (Lipinski definition) is 1. The first-order valence-electron chi connectivity index (χ1n) is 6.25. The minimum atomic E-state index is -0.683. The molecule has 1 aromatic carbocycles. The highest BCUT2D eigenvalue weighted by Crippen LogP contribution is 2.28. The molecule has 108 valence electrons. The zero-order valence-electron chi connectivity index (χ0n) is 11.3. The standard InChI is InChI=1S/C14H13N3O4/c1-2-21-14(18)16-12-8-11(17(19)20)9-15-13(12)10-6-4-3-5-7-10/h3-9H,2H2,1H3,(H,16,18). The molecule has 7 nitrogen and oxygen atoms in total. The second kappa shape index (κ2) is 6.47. The van der Waals surface area contributed by atoms with E-state index in [1.807, 2.05) is 18.2 Å². The fourth-order valence-corrected chi connectivity index (χ4v) is 1.75. The summed E-state index contributed by atoms with van der Waals surface area (Å²) in [6.45, 7) is 1.87. The summed E-state index contributed by atoms with van der Waals surface area (Å²) >= 11 is 0. The van der Waals surface area contributed by atoms with Crippen LogP contribution in [-0.4, -0.2) is 22.6 Å². The Kier molecular flexibility index (Phi) is 4.45. The van der Waals surface area contributed by atoms with Gasteiger partial charge in [-0.15, -0.1) is 0 Å². The smallest absolute Gasteiger partial charge is 0.411 e. The Balaban J connectivity index is 2.44. The lowest BCUT2D eigenvalue weighted by atomic mass is 10.1. The van der Waals surface area contributed by atoms with Gasteiger partial charge in [0.15, 0.2) is 0 Å². The number of aromatic nitrogens is 1. The second-order valence-electron chi connectivity index (χ2n) is 4.06. The summed E-state index contributed by atoms with van der Waals surface area (Å²) in [4.78, 5) is 25.9. The Bertz CT molecular complexity index is 659. The van der Waals surface area contributed by atoms with Crippen LogP contribution in [0.3, 0.4) is 0 Å². The maximum Gasteiger partial charge on any atom is 0.411 e. The van der Waals surface area contributed by atoms with Gasteiger partial charge >= 0.3 is 6.09 Å². The molecule has 0 spiro atoms. The van der Waals surface area contributed by atoms with E-state index in [9.17, 15) is 14.9 Å². The molecule has 0 saturated heterocycles. The molecule has 0 bridgehead atoms. The van der Waals surface area contributed by atoms with Crippen LogP contribution < -0.4 is 5.32 Å². The van der Waals surface area contributed by atoms with E-state index in [4.69, 9.17) is 4.74 Å². The van der Waals surface area contributed by atoms with Crippen molar-refractivity contribution in [2.45, 2.75) is 6.92 Å². The predicted molar refractivity (Wildman–Crippen MR) is 77.0 cm³/mol. The van der Waals surface area contributed by atoms with Crippen molar-refractivity contribution in [3.05, 3.63) is 52.7 Å². The molecule has 0 atom stereocenters. The summed E-state index contributed by atoms with van der Waals surface area (Å²) in [5.74, 6) is 0. The highest BCUT2D eigenvalue weighted by atomic mass is 16.6. The van der Waals surface area contributed by atoms with E-state index >= 15 is 0 Å². The van der Waals surface area contributed by atoms with Crippen LogP contribution in [0, 0.1) is 10.1 Å². The molecule has 0 aliphatic carbocycles. The number of benzene rings is 1. The molecule has 0 fully saturated rings. The number of carbonyl (C=O) groups is 1. The predicted octanol–water partition coefficient (Wildman–Crippen LogP) is 3.23. The van der Waals surface area contributed by atoms with Gasteiger partial charge in [-0.25, -0.2) is 9.78 Å². The van der Waals surface area contributed by atoms with Crippen LogP contribution in [0.2, 0.25) is 0 Å². The second-order valence-corrected chi connectivity index (χ2v) is 4.06. The molecular weight excluding hydrogens is 274 g/mol. The van der Waals surface area contributed by atoms with Crippen LogP contribution in [0.4, 0.5) is 16.2 Å². The van der Waals surface area contributed by atoms with Gasteiger partial charge in [0.25, 0.3) is 5.69 Å². The Morgan fingerprint density at radius 1 is 1.38 bits per heavy atom. The number of nitro groups is 1. The van der Waals surface area contributed by atoms with E-state index in [2.05, 4.69) is 10.3 Å². The van der Waals surface area contributed by atoms with Gasteiger partial charge in [0.05, 0.1) is 22.9 Å². The molecule has 0 saturated carbocycles. The van der Waals surface area contributed by atoms with Crippen LogP contribution in [0.25, 0.3) is 11.3 Å². The number of anilines is 1. The summed E-state index contributed by atoms with van der Waals surface area (Å²) in [7, 11) is 0. The number of nitrogens with zero attached hydrogens (tertiary/aromatic N) is 2. The van der Waals surface area contributed by atoms with E-state index in [1.54, 1.807) is 19.1 Å². The monoisotopic (exact) mass is 287 g/mol. The first kappa shape index (κ1) is 14.4. The van der Waals surface area contributed by atoms with E-state index in [1.165, 1.54) is 6.07 Å². The molecule has 1 N–H and O–H groups in total. The topological polar surface area (TPSA) is 94.4 Å². The quantitative estimate of drug-likeness (QED) is 0.688. The highest BCUT2D eigenvalue weighted by Gasteiger charge is 2.16. The number of nitrogens with one attached hydrogen (secondary N) is 1. The van der Waals surface area contributed by atoms with Crippen molar-refractivity contribution in [3.8, 4) is 11.3 Å². The van der Waals surface area contributed by atoms with E-state index in [0.717, 1.165) is 11.8 Å². The van der Waals surface area contributed by atoms with Crippen molar-refractivity contribution in [1.29, 1.82) is 0 Å². The van der Waals surface area contributed by atoms with Gasteiger partial charge in [-0.05, 0) is 6.92 Å². The van der Waals surface area contributed by atoms with Gasteiger partial charge in [-0.2, -0.15) is 0 Å². The zero-order valence-corrected chi connectivity index (χ0v) is 11.3. The number of pyridine rings is 1. The summed E-state index contributed by atoms with van der Waals surface area (Å²) in [5.41, 5.74) is 1.20.